The SMILES string of the molecule is Nc1cc(C(=O)O)ccc1NC(=O)c1ccccc1Cl. The molecular formula is C14H11ClN2O3. The van der Waals surface area contributed by atoms with Gasteiger partial charge in [0.25, 0.3) is 5.91 Å². The topological polar surface area (TPSA) is 92.4 Å². The Bertz CT molecular complexity index is 686. The standard InChI is InChI=1S/C14H11ClN2O3/c15-10-4-2-1-3-9(10)13(18)17-12-6-5-8(14(19)20)7-11(12)16/h1-7H,16H2,(H,17,18)(H,19,20). The highest BCUT2D eigenvalue weighted by atomic mass is 35.5. The number of anilines is 2. The van der Waals surface area contributed by atoms with Gasteiger partial charge in [-0.25, -0.2) is 4.79 Å². The zero-order valence-electron chi connectivity index (χ0n) is 10.3. The van der Waals surface area contributed by atoms with Crippen LogP contribution < -0.4 is 11.1 Å². The number of benzene rings is 2. The highest BCUT2D eigenvalue weighted by molar-refractivity contribution is 6.34. The first-order chi connectivity index (χ1) is 9.49. The zero-order valence-corrected chi connectivity index (χ0v) is 11.0. The largest absolute Gasteiger partial charge is 0.478 e. The second-order valence-corrected chi connectivity index (χ2v) is 4.45. The normalized spacial score (nSPS) is 10.1. The Kier molecular flexibility index (Phi) is 3.91. The Morgan fingerprint density at radius 1 is 1.15 bits per heavy atom. The summed E-state index contributed by atoms with van der Waals surface area (Å²) in [5.41, 5.74) is 6.59. The number of nitrogen functional groups attached to an aromatic ring is 1. The van der Waals surface area contributed by atoms with Crippen LogP contribution in [0.1, 0.15) is 20.7 Å². The highest BCUT2D eigenvalue weighted by Crippen LogP contribution is 2.22. The van der Waals surface area contributed by atoms with E-state index in [1.165, 1.54) is 18.2 Å². The van der Waals surface area contributed by atoms with Crippen LogP contribution >= 0.6 is 11.6 Å². The number of carbonyl (C=O) groups excluding carboxylic acids is 1. The van der Waals surface area contributed by atoms with E-state index >= 15 is 0 Å². The Balaban J connectivity index is 2.25. The van der Waals surface area contributed by atoms with Gasteiger partial charge >= 0.3 is 5.97 Å². The fraction of sp³-hybridized carbons (Fsp3) is 0. The average molecular weight is 291 g/mol. The van der Waals surface area contributed by atoms with Gasteiger partial charge in [0.2, 0.25) is 0 Å². The lowest BCUT2D eigenvalue weighted by atomic mass is 10.1. The van der Waals surface area contributed by atoms with E-state index in [1.54, 1.807) is 24.3 Å². The van der Waals surface area contributed by atoms with Crippen LogP contribution in [0.25, 0.3) is 0 Å². The molecule has 102 valence electrons. The van der Waals surface area contributed by atoms with E-state index in [0.29, 0.717) is 16.3 Å². The molecule has 20 heavy (non-hydrogen) atoms. The lowest BCUT2D eigenvalue weighted by molar-refractivity contribution is 0.0697. The van der Waals surface area contributed by atoms with Crippen molar-refractivity contribution in [1.29, 1.82) is 0 Å². The van der Waals surface area contributed by atoms with Crippen molar-refractivity contribution in [1.82, 2.24) is 0 Å². The van der Waals surface area contributed by atoms with E-state index in [1.807, 2.05) is 0 Å². The van der Waals surface area contributed by atoms with Gasteiger partial charge in [-0.1, -0.05) is 23.7 Å². The molecule has 4 N–H and O–H groups in total. The Hall–Kier alpha value is -2.53. The van der Waals surface area contributed by atoms with E-state index in [9.17, 15) is 9.59 Å². The van der Waals surface area contributed by atoms with Crippen molar-refractivity contribution in [2.45, 2.75) is 0 Å². The summed E-state index contributed by atoms with van der Waals surface area (Å²) in [6.07, 6.45) is 0. The third-order valence-corrected chi connectivity index (χ3v) is 2.99. The molecule has 0 saturated heterocycles. The maximum atomic E-state index is 12.0. The van der Waals surface area contributed by atoms with E-state index in [-0.39, 0.29) is 11.3 Å². The van der Waals surface area contributed by atoms with Crippen LogP contribution in [0.2, 0.25) is 5.02 Å². The lowest BCUT2D eigenvalue weighted by Crippen LogP contribution is -2.14. The molecule has 0 spiro atoms. The van der Waals surface area contributed by atoms with Crippen molar-refractivity contribution in [2.75, 3.05) is 11.1 Å². The third-order valence-electron chi connectivity index (χ3n) is 2.67. The average Bonchev–Trinajstić information content (AvgIpc) is 2.41. The Morgan fingerprint density at radius 3 is 2.45 bits per heavy atom. The van der Waals surface area contributed by atoms with Crippen molar-refractivity contribution in [3.63, 3.8) is 0 Å². The van der Waals surface area contributed by atoms with Gasteiger partial charge in [0.05, 0.1) is 27.5 Å². The molecule has 2 rings (SSSR count). The van der Waals surface area contributed by atoms with Gasteiger partial charge in [-0.2, -0.15) is 0 Å². The maximum Gasteiger partial charge on any atom is 0.335 e. The fourth-order valence-electron chi connectivity index (χ4n) is 1.64. The summed E-state index contributed by atoms with van der Waals surface area (Å²) < 4.78 is 0. The van der Waals surface area contributed by atoms with Crippen molar-refractivity contribution < 1.29 is 14.7 Å². The molecule has 0 aliphatic heterocycles. The number of halogens is 1. The van der Waals surface area contributed by atoms with Crippen molar-refractivity contribution in [3.8, 4) is 0 Å². The molecular weight excluding hydrogens is 280 g/mol. The maximum absolute atomic E-state index is 12.0. The molecule has 0 unspecified atom stereocenters. The highest BCUT2D eigenvalue weighted by Gasteiger charge is 2.12. The summed E-state index contributed by atoms with van der Waals surface area (Å²) in [6.45, 7) is 0. The van der Waals surface area contributed by atoms with Gasteiger partial charge in [0.1, 0.15) is 0 Å². The summed E-state index contributed by atoms with van der Waals surface area (Å²) in [5.74, 6) is -1.49. The molecule has 0 aliphatic rings. The molecule has 0 fully saturated rings. The minimum atomic E-state index is -1.08. The third kappa shape index (κ3) is 2.89. The zero-order chi connectivity index (χ0) is 14.7. The molecule has 2 aromatic rings. The van der Waals surface area contributed by atoms with Crippen LogP contribution in [0, 0.1) is 0 Å². The number of carboxylic acids is 1. The summed E-state index contributed by atoms with van der Waals surface area (Å²) in [5, 5.41) is 11.8. The molecule has 2 aromatic carbocycles. The van der Waals surface area contributed by atoms with Gasteiger partial charge in [-0.15, -0.1) is 0 Å². The molecule has 5 nitrogen and oxygen atoms in total. The molecule has 6 heteroatoms. The van der Waals surface area contributed by atoms with E-state index < -0.39 is 11.9 Å². The van der Waals surface area contributed by atoms with Gasteiger partial charge in [-0.3, -0.25) is 4.79 Å². The predicted molar refractivity (Wildman–Crippen MR) is 77.2 cm³/mol. The first-order valence-corrected chi connectivity index (χ1v) is 6.05. The van der Waals surface area contributed by atoms with Gasteiger partial charge < -0.3 is 16.2 Å². The number of hydrogen-bond acceptors (Lipinski definition) is 3. The van der Waals surface area contributed by atoms with Crippen LogP contribution in [0.15, 0.2) is 42.5 Å². The van der Waals surface area contributed by atoms with Crippen molar-refractivity contribution in [3.05, 3.63) is 58.6 Å². The van der Waals surface area contributed by atoms with Crippen LogP contribution in [0.4, 0.5) is 11.4 Å². The number of rotatable bonds is 3. The summed E-state index contributed by atoms with van der Waals surface area (Å²) in [7, 11) is 0. The number of amides is 1. The molecule has 0 aliphatic carbocycles. The molecule has 0 bridgehead atoms. The van der Waals surface area contributed by atoms with Gasteiger partial charge in [0.15, 0.2) is 0 Å². The smallest absolute Gasteiger partial charge is 0.335 e. The second kappa shape index (κ2) is 5.63. The molecule has 0 aromatic heterocycles. The summed E-state index contributed by atoms with van der Waals surface area (Å²) in [6, 6.07) is 10.7. The number of carboxylic acid groups (broad SMARTS) is 1. The number of aromatic carboxylic acids is 1. The van der Waals surface area contributed by atoms with Crippen LogP contribution in [-0.4, -0.2) is 17.0 Å². The predicted octanol–water partition coefficient (Wildman–Crippen LogP) is 2.87. The van der Waals surface area contributed by atoms with E-state index in [0.717, 1.165) is 0 Å². The van der Waals surface area contributed by atoms with Crippen molar-refractivity contribution >= 4 is 34.9 Å². The summed E-state index contributed by atoms with van der Waals surface area (Å²) in [4.78, 5) is 22.8. The van der Waals surface area contributed by atoms with Crippen LogP contribution in [-0.2, 0) is 0 Å². The van der Waals surface area contributed by atoms with Crippen LogP contribution in [0.3, 0.4) is 0 Å². The van der Waals surface area contributed by atoms with Crippen molar-refractivity contribution in [2.24, 2.45) is 0 Å². The van der Waals surface area contributed by atoms with Gasteiger partial charge in [0, 0.05) is 0 Å². The number of carbonyl (C=O) groups is 2. The molecule has 0 radical (unpaired) electrons. The lowest BCUT2D eigenvalue weighted by Gasteiger charge is -2.09. The monoisotopic (exact) mass is 290 g/mol. The Labute approximate surface area is 120 Å². The number of nitrogens with two attached hydrogens (primary N) is 1. The minimum Gasteiger partial charge on any atom is -0.478 e. The quantitative estimate of drug-likeness (QED) is 0.758. The van der Waals surface area contributed by atoms with E-state index in [4.69, 9.17) is 22.4 Å². The first-order valence-electron chi connectivity index (χ1n) is 5.67. The molecule has 1 amide bonds. The molecule has 0 saturated carbocycles. The number of hydrogen-bond donors (Lipinski definition) is 3. The van der Waals surface area contributed by atoms with Gasteiger partial charge in [-0.05, 0) is 30.3 Å². The fourth-order valence-corrected chi connectivity index (χ4v) is 1.87. The van der Waals surface area contributed by atoms with Crippen LogP contribution in [0.5, 0.6) is 0 Å². The number of nitrogens with one attached hydrogen (secondary N) is 1. The second-order valence-electron chi connectivity index (χ2n) is 4.04. The molecule has 0 atom stereocenters. The van der Waals surface area contributed by atoms with E-state index in [2.05, 4.69) is 5.32 Å². The summed E-state index contributed by atoms with van der Waals surface area (Å²) >= 11 is 5.92. The first kappa shape index (κ1) is 13.9. The Morgan fingerprint density at radius 2 is 1.85 bits per heavy atom. The molecule has 0 heterocycles. The minimum absolute atomic E-state index is 0.0539.